The summed E-state index contributed by atoms with van der Waals surface area (Å²) < 4.78 is 1.83. The van der Waals surface area contributed by atoms with Gasteiger partial charge in [0.1, 0.15) is 5.82 Å². The number of rotatable bonds is 5. The zero-order valence-electron chi connectivity index (χ0n) is 14.6. The van der Waals surface area contributed by atoms with Gasteiger partial charge in [0.15, 0.2) is 0 Å². The average molecular weight is 330 g/mol. The maximum Gasteiger partial charge on any atom is 0.242 e. The molecule has 3 heterocycles. The second-order valence-electron chi connectivity index (χ2n) is 6.74. The highest BCUT2D eigenvalue weighted by atomic mass is 16.2. The largest absolute Gasteiger partial charge is 0.310 e. The fourth-order valence-corrected chi connectivity index (χ4v) is 3.31. The highest BCUT2D eigenvalue weighted by Gasteiger charge is 2.28. The van der Waals surface area contributed by atoms with Crippen LogP contribution in [0.2, 0.25) is 0 Å². The molecule has 130 valence electrons. The van der Waals surface area contributed by atoms with Crippen molar-refractivity contribution in [3.63, 3.8) is 0 Å². The van der Waals surface area contributed by atoms with E-state index in [4.69, 9.17) is 0 Å². The molecule has 1 aliphatic rings. The Balaban J connectivity index is 1.56. The molecule has 0 bridgehead atoms. The van der Waals surface area contributed by atoms with E-state index < -0.39 is 0 Å². The van der Waals surface area contributed by atoms with E-state index >= 15 is 0 Å². The number of H-pyrrole nitrogens is 1. The lowest BCUT2D eigenvalue weighted by Gasteiger charge is -2.35. The normalized spacial score (nSPS) is 18.0. The van der Waals surface area contributed by atoms with Crippen molar-refractivity contribution in [3.05, 3.63) is 30.2 Å². The molecule has 24 heavy (non-hydrogen) atoms. The minimum absolute atomic E-state index is 0.0254. The Morgan fingerprint density at radius 1 is 1.25 bits per heavy atom. The molecule has 3 rings (SSSR count). The van der Waals surface area contributed by atoms with Crippen molar-refractivity contribution in [2.24, 2.45) is 0 Å². The number of carbonyl (C=O) groups is 1. The van der Waals surface area contributed by atoms with Crippen LogP contribution in [0.3, 0.4) is 0 Å². The Hall–Kier alpha value is -2.15. The van der Waals surface area contributed by atoms with Gasteiger partial charge in [-0.05, 0) is 52.8 Å². The molecular formula is C17H26N6O. The summed E-state index contributed by atoms with van der Waals surface area (Å²) in [5.74, 6) is 1.30. The lowest BCUT2D eigenvalue weighted by Crippen LogP contribution is -2.46. The highest BCUT2D eigenvalue weighted by Crippen LogP contribution is 2.27. The SMILES string of the molecule is CC(C)n1nccc1NC(=O)[C@H](C)N1CCC(c2ccn[nH]2)CC1. The summed E-state index contributed by atoms with van der Waals surface area (Å²) in [6, 6.07) is 3.96. The average Bonchev–Trinajstić information content (AvgIpc) is 3.26. The van der Waals surface area contributed by atoms with Crippen molar-refractivity contribution < 1.29 is 4.79 Å². The maximum absolute atomic E-state index is 12.6. The minimum Gasteiger partial charge on any atom is -0.310 e. The van der Waals surface area contributed by atoms with E-state index in [-0.39, 0.29) is 18.0 Å². The standard InChI is InChI=1S/C17H26N6O/c1-12(2)23-16(5-9-19-23)20-17(24)13(3)22-10-6-14(7-11-22)15-4-8-18-21-15/h4-5,8-9,12-14H,6-7,10-11H2,1-3H3,(H,18,21)(H,20,24)/t13-/m0/s1. The van der Waals surface area contributed by atoms with Crippen molar-refractivity contribution in [2.75, 3.05) is 18.4 Å². The number of aromatic amines is 1. The molecule has 1 fully saturated rings. The van der Waals surface area contributed by atoms with E-state index in [0.717, 1.165) is 31.7 Å². The molecule has 0 aliphatic carbocycles. The Bertz CT molecular complexity index is 654. The van der Waals surface area contributed by atoms with Gasteiger partial charge in [0, 0.05) is 29.9 Å². The number of anilines is 1. The molecule has 1 atom stereocenters. The molecule has 0 radical (unpaired) electrons. The molecule has 2 N–H and O–H groups in total. The van der Waals surface area contributed by atoms with Crippen LogP contribution in [-0.4, -0.2) is 49.9 Å². The molecule has 0 unspecified atom stereocenters. The van der Waals surface area contributed by atoms with Crippen molar-refractivity contribution in [3.8, 4) is 0 Å². The van der Waals surface area contributed by atoms with Gasteiger partial charge in [-0.25, -0.2) is 4.68 Å². The van der Waals surface area contributed by atoms with Crippen LogP contribution < -0.4 is 5.32 Å². The third-order valence-electron chi connectivity index (χ3n) is 4.83. The van der Waals surface area contributed by atoms with Gasteiger partial charge in [-0.15, -0.1) is 0 Å². The summed E-state index contributed by atoms with van der Waals surface area (Å²) in [7, 11) is 0. The summed E-state index contributed by atoms with van der Waals surface area (Å²) in [4.78, 5) is 14.8. The Labute approximate surface area is 142 Å². The first kappa shape index (κ1) is 16.7. The number of hydrogen-bond donors (Lipinski definition) is 2. The van der Waals surface area contributed by atoms with E-state index in [0.29, 0.717) is 5.92 Å². The van der Waals surface area contributed by atoms with Gasteiger partial charge in [0.25, 0.3) is 0 Å². The predicted molar refractivity (Wildman–Crippen MR) is 92.8 cm³/mol. The van der Waals surface area contributed by atoms with Crippen LogP contribution in [0.15, 0.2) is 24.5 Å². The van der Waals surface area contributed by atoms with Crippen molar-refractivity contribution in [2.45, 2.75) is 51.6 Å². The first-order valence-corrected chi connectivity index (χ1v) is 8.64. The van der Waals surface area contributed by atoms with E-state index in [1.54, 1.807) is 12.4 Å². The van der Waals surface area contributed by atoms with Gasteiger partial charge in [0.05, 0.1) is 12.2 Å². The highest BCUT2D eigenvalue weighted by molar-refractivity contribution is 5.93. The first-order valence-electron chi connectivity index (χ1n) is 8.64. The zero-order chi connectivity index (χ0) is 17.1. The summed E-state index contributed by atoms with van der Waals surface area (Å²) in [6.45, 7) is 7.91. The predicted octanol–water partition coefficient (Wildman–Crippen LogP) is 2.39. The molecule has 2 aromatic heterocycles. The Morgan fingerprint density at radius 3 is 2.62 bits per heavy atom. The number of aromatic nitrogens is 4. The van der Waals surface area contributed by atoms with Crippen molar-refractivity contribution in [1.29, 1.82) is 0 Å². The zero-order valence-corrected chi connectivity index (χ0v) is 14.6. The minimum atomic E-state index is -0.150. The van der Waals surface area contributed by atoms with Crippen LogP contribution in [0.5, 0.6) is 0 Å². The van der Waals surface area contributed by atoms with Crippen molar-refractivity contribution in [1.82, 2.24) is 24.9 Å². The molecule has 1 amide bonds. The fourth-order valence-electron chi connectivity index (χ4n) is 3.31. The van der Waals surface area contributed by atoms with Gasteiger partial charge >= 0.3 is 0 Å². The number of hydrogen-bond acceptors (Lipinski definition) is 4. The van der Waals surface area contributed by atoms with Gasteiger partial charge < -0.3 is 5.32 Å². The Morgan fingerprint density at radius 2 is 2.00 bits per heavy atom. The molecular weight excluding hydrogens is 304 g/mol. The maximum atomic E-state index is 12.6. The van der Waals surface area contributed by atoms with Gasteiger partial charge in [-0.3, -0.25) is 14.8 Å². The lowest BCUT2D eigenvalue weighted by atomic mass is 9.93. The van der Waals surface area contributed by atoms with E-state index in [1.807, 2.05) is 37.6 Å². The molecule has 7 heteroatoms. The summed E-state index contributed by atoms with van der Waals surface area (Å²) >= 11 is 0. The number of piperidine rings is 1. The second kappa shape index (κ2) is 7.17. The smallest absolute Gasteiger partial charge is 0.242 e. The second-order valence-corrected chi connectivity index (χ2v) is 6.74. The van der Waals surface area contributed by atoms with Gasteiger partial charge in [-0.1, -0.05) is 0 Å². The molecule has 7 nitrogen and oxygen atoms in total. The Kier molecular flexibility index (Phi) is 4.99. The van der Waals surface area contributed by atoms with Crippen molar-refractivity contribution >= 4 is 11.7 Å². The monoisotopic (exact) mass is 330 g/mol. The molecule has 0 spiro atoms. The molecule has 0 aromatic carbocycles. The van der Waals surface area contributed by atoms with Gasteiger partial charge in [-0.2, -0.15) is 10.2 Å². The quantitative estimate of drug-likeness (QED) is 0.882. The summed E-state index contributed by atoms with van der Waals surface area (Å²) in [5, 5.41) is 14.4. The molecule has 1 saturated heterocycles. The van der Waals surface area contributed by atoms with Crippen LogP contribution in [-0.2, 0) is 4.79 Å². The summed E-state index contributed by atoms with van der Waals surface area (Å²) in [6.07, 6.45) is 5.61. The van der Waals surface area contributed by atoms with Crippen LogP contribution >= 0.6 is 0 Å². The summed E-state index contributed by atoms with van der Waals surface area (Å²) in [5.41, 5.74) is 1.20. The first-order chi connectivity index (χ1) is 11.6. The number of nitrogens with one attached hydrogen (secondary N) is 2. The topological polar surface area (TPSA) is 78.8 Å². The fraction of sp³-hybridized carbons (Fsp3) is 0.588. The van der Waals surface area contributed by atoms with Crippen LogP contribution in [0, 0.1) is 0 Å². The van der Waals surface area contributed by atoms with Gasteiger partial charge in [0.2, 0.25) is 5.91 Å². The van der Waals surface area contributed by atoms with E-state index in [2.05, 4.69) is 25.5 Å². The molecule has 1 aliphatic heterocycles. The lowest BCUT2D eigenvalue weighted by molar-refractivity contribution is -0.121. The molecule has 0 saturated carbocycles. The number of carbonyl (C=O) groups excluding carboxylic acids is 1. The molecule has 2 aromatic rings. The van der Waals surface area contributed by atoms with Crippen LogP contribution in [0.4, 0.5) is 5.82 Å². The number of amides is 1. The third-order valence-corrected chi connectivity index (χ3v) is 4.83. The number of likely N-dealkylation sites (tertiary alicyclic amines) is 1. The van der Waals surface area contributed by atoms with E-state index in [1.165, 1.54) is 5.69 Å². The number of nitrogens with zero attached hydrogens (tertiary/aromatic N) is 4. The van der Waals surface area contributed by atoms with Crippen LogP contribution in [0.1, 0.15) is 51.3 Å². The third kappa shape index (κ3) is 3.51. The van der Waals surface area contributed by atoms with Crippen LogP contribution in [0.25, 0.3) is 0 Å². The van der Waals surface area contributed by atoms with E-state index in [9.17, 15) is 4.79 Å².